The monoisotopic (exact) mass is 339 g/mol. The highest BCUT2D eigenvalue weighted by Gasteiger charge is 2.21. The van der Waals surface area contributed by atoms with Gasteiger partial charge in [-0.05, 0) is 36.8 Å². The summed E-state index contributed by atoms with van der Waals surface area (Å²) in [7, 11) is 0. The third kappa shape index (κ3) is 3.07. The maximum Gasteiger partial charge on any atom is 0.251 e. The Hall–Kier alpha value is -2.34. The topological polar surface area (TPSA) is 47.6 Å². The minimum atomic E-state index is -0.963. The minimum absolute atomic E-state index is 0.0470. The van der Waals surface area contributed by atoms with Crippen LogP contribution in [0.1, 0.15) is 28.9 Å². The van der Waals surface area contributed by atoms with Gasteiger partial charge in [0.2, 0.25) is 6.79 Å². The molecule has 23 heavy (non-hydrogen) atoms. The first kappa shape index (κ1) is 15.6. The van der Waals surface area contributed by atoms with Gasteiger partial charge in [-0.15, -0.1) is 0 Å². The van der Waals surface area contributed by atoms with Crippen molar-refractivity contribution in [3.63, 3.8) is 0 Å². The lowest BCUT2D eigenvalue weighted by Crippen LogP contribution is -2.26. The zero-order chi connectivity index (χ0) is 16.6. The van der Waals surface area contributed by atoms with Crippen molar-refractivity contribution in [1.29, 1.82) is 0 Å². The number of ether oxygens (including phenoxy) is 2. The van der Waals surface area contributed by atoms with Crippen LogP contribution in [0.15, 0.2) is 30.3 Å². The molecule has 1 aliphatic heterocycles. The summed E-state index contributed by atoms with van der Waals surface area (Å²) < 4.78 is 36.6. The van der Waals surface area contributed by atoms with E-state index in [9.17, 15) is 13.6 Å². The average molecular weight is 340 g/mol. The van der Waals surface area contributed by atoms with Crippen LogP contribution in [0.4, 0.5) is 8.78 Å². The predicted octanol–water partition coefficient (Wildman–Crippen LogP) is 3.84. The van der Waals surface area contributed by atoms with E-state index in [0.717, 1.165) is 12.1 Å². The van der Waals surface area contributed by atoms with Gasteiger partial charge in [0.05, 0.1) is 11.1 Å². The van der Waals surface area contributed by atoms with Crippen molar-refractivity contribution in [2.45, 2.75) is 13.0 Å². The van der Waals surface area contributed by atoms with Gasteiger partial charge in [-0.3, -0.25) is 4.79 Å². The summed E-state index contributed by atoms with van der Waals surface area (Å²) in [6, 6.07) is 5.94. The van der Waals surface area contributed by atoms with Crippen LogP contribution >= 0.6 is 11.6 Å². The third-order valence-corrected chi connectivity index (χ3v) is 3.76. The Morgan fingerprint density at radius 3 is 2.74 bits per heavy atom. The second-order valence-electron chi connectivity index (χ2n) is 5.06. The molecule has 0 fully saturated rings. The van der Waals surface area contributed by atoms with Gasteiger partial charge in [-0.25, -0.2) is 8.78 Å². The number of carbonyl (C=O) groups is 1. The van der Waals surface area contributed by atoms with Gasteiger partial charge in [0.15, 0.2) is 23.1 Å². The highest BCUT2D eigenvalue weighted by atomic mass is 35.5. The fourth-order valence-corrected chi connectivity index (χ4v) is 2.51. The predicted molar refractivity (Wildman–Crippen MR) is 79.8 cm³/mol. The van der Waals surface area contributed by atoms with E-state index < -0.39 is 23.6 Å². The third-order valence-electron chi connectivity index (χ3n) is 3.48. The largest absolute Gasteiger partial charge is 0.454 e. The molecule has 1 aliphatic rings. The summed E-state index contributed by atoms with van der Waals surface area (Å²) >= 11 is 6.03. The molecule has 3 rings (SSSR count). The molecule has 1 amide bonds. The second-order valence-corrected chi connectivity index (χ2v) is 5.47. The first-order valence-electron chi connectivity index (χ1n) is 6.80. The van der Waals surface area contributed by atoms with Gasteiger partial charge < -0.3 is 14.8 Å². The molecule has 0 spiro atoms. The van der Waals surface area contributed by atoms with E-state index in [4.69, 9.17) is 21.1 Å². The molecule has 4 nitrogen and oxygen atoms in total. The van der Waals surface area contributed by atoms with Gasteiger partial charge in [0, 0.05) is 5.56 Å². The molecule has 0 bridgehead atoms. The van der Waals surface area contributed by atoms with Crippen LogP contribution < -0.4 is 14.8 Å². The van der Waals surface area contributed by atoms with Crippen molar-refractivity contribution in [3.05, 3.63) is 58.1 Å². The molecule has 2 aromatic carbocycles. The number of amides is 1. The summed E-state index contributed by atoms with van der Waals surface area (Å²) in [6.07, 6.45) is 0. The Morgan fingerprint density at radius 2 is 2.00 bits per heavy atom. The van der Waals surface area contributed by atoms with Crippen LogP contribution in [0.25, 0.3) is 0 Å². The van der Waals surface area contributed by atoms with Crippen molar-refractivity contribution in [1.82, 2.24) is 5.32 Å². The van der Waals surface area contributed by atoms with Crippen LogP contribution in [0, 0.1) is 11.6 Å². The van der Waals surface area contributed by atoms with Gasteiger partial charge in [0.1, 0.15) is 0 Å². The number of nitrogens with one attached hydrogen (secondary N) is 1. The number of fused-ring (bicyclic) bond motifs is 1. The lowest BCUT2D eigenvalue weighted by Gasteiger charge is -2.15. The molecule has 0 saturated heterocycles. The molecular formula is C16H12ClF2NO3. The van der Waals surface area contributed by atoms with E-state index in [-0.39, 0.29) is 17.4 Å². The van der Waals surface area contributed by atoms with Crippen molar-refractivity contribution in [3.8, 4) is 11.5 Å². The van der Waals surface area contributed by atoms with Crippen LogP contribution in [0.5, 0.6) is 11.5 Å². The Bertz CT molecular complexity index is 782. The SMILES string of the molecule is CC(NC(=O)c1cc(Cl)c2c(c1)OCO2)c1ccc(F)c(F)c1. The van der Waals surface area contributed by atoms with E-state index >= 15 is 0 Å². The molecule has 7 heteroatoms. The fraction of sp³-hybridized carbons (Fsp3) is 0.188. The average Bonchev–Trinajstić information content (AvgIpc) is 2.99. The zero-order valence-electron chi connectivity index (χ0n) is 12.0. The van der Waals surface area contributed by atoms with Crippen LogP contribution in [-0.2, 0) is 0 Å². The van der Waals surface area contributed by atoms with Crippen molar-refractivity contribution in [2.24, 2.45) is 0 Å². The number of hydrogen-bond acceptors (Lipinski definition) is 3. The lowest BCUT2D eigenvalue weighted by atomic mass is 10.1. The molecule has 120 valence electrons. The standard InChI is InChI=1S/C16H12ClF2NO3/c1-8(9-2-3-12(18)13(19)5-9)20-16(21)10-4-11(17)15-14(6-10)22-7-23-15/h2-6,8H,7H2,1H3,(H,20,21). The Balaban J connectivity index is 1.78. The molecule has 0 radical (unpaired) electrons. The highest BCUT2D eigenvalue weighted by molar-refractivity contribution is 6.32. The molecular weight excluding hydrogens is 328 g/mol. The van der Waals surface area contributed by atoms with E-state index in [1.54, 1.807) is 6.92 Å². The Kier molecular flexibility index (Phi) is 4.09. The van der Waals surface area contributed by atoms with E-state index in [1.807, 2.05) is 0 Å². The molecule has 1 atom stereocenters. The van der Waals surface area contributed by atoms with E-state index in [2.05, 4.69) is 5.32 Å². The molecule has 1 unspecified atom stereocenters. The molecule has 1 N–H and O–H groups in total. The number of carbonyl (C=O) groups excluding carboxylic acids is 1. The van der Waals surface area contributed by atoms with Gasteiger partial charge >= 0.3 is 0 Å². The van der Waals surface area contributed by atoms with Gasteiger partial charge in [0.25, 0.3) is 5.91 Å². The van der Waals surface area contributed by atoms with Crippen molar-refractivity contribution >= 4 is 17.5 Å². The van der Waals surface area contributed by atoms with E-state index in [1.165, 1.54) is 18.2 Å². The first-order chi connectivity index (χ1) is 11.0. The summed E-state index contributed by atoms with van der Waals surface area (Å²) in [5.41, 5.74) is 0.734. The Labute approximate surface area is 136 Å². The smallest absolute Gasteiger partial charge is 0.251 e. The first-order valence-corrected chi connectivity index (χ1v) is 7.18. The van der Waals surface area contributed by atoms with Crippen LogP contribution in [-0.4, -0.2) is 12.7 Å². The van der Waals surface area contributed by atoms with Gasteiger partial charge in [-0.1, -0.05) is 17.7 Å². The van der Waals surface area contributed by atoms with Crippen LogP contribution in [0.2, 0.25) is 5.02 Å². The van der Waals surface area contributed by atoms with Crippen molar-refractivity contribution < 1.29 is 23.0 Å². The lowest BCUT2D eigenvalue weighted by molar-refractivity contribution is 0.0939. The number of benzene rings is 2. The highest BCUT2D eigenvalue weighted by Crippen LogP contribution is 2.39. The summed E-state index contributed by atoms with van der Waals surface area (Å²) in [6.45, 7) is 1.71. The maximum absolute atomic E-state index is 13.3. The fourth-order valence-electron chi connectivity index (χ4n) is 2.24. The quantitative estimate of drug-likeness (QED) is 0.924. The van der Waals surface area contributed by atoms with Gasteiger partial charge in [-0.2, -0.15) is 0 Å². The zero-order valence-corrected chi connectivity index (χ0v) is 12.8. The summed E-state index contributed by atoms with van der Waals surface area (Å²) in [5, 5.41) is 2.96. The normalized spacial score (nSPS) is 13.7. The minimum Gasteiger partial charge on any atom is -0.454 e. The molecule has 0 saturated carbocycles. The molecule has 0 aromatic heterocycles. The molecule has 1 heterocycles. The number of rotatable bonds is 3. The molecule has 0 aliphatic carbocycles. The Morgan fingerprint density at radius 1 is 1.22 bits per heavy atom. The van der Waals surface area contributed by atoms with Crippen molar-refractivity contribution in [2.75, 3.05) is 6.79 Å². The molecule has 2 aromatic rings. The number of halogens is 3. The number of hydrogen-bond donors (Lipinski definition) is 1. The summed E-state index contributed by atoms with van der Waals surface area (Å²) in [4.78, 5) is 12.3. The van der Waals surface area contributed by atoms with Crippen LogP contribution in [0.3, 0.4) is 0 Å². The maximum atomic E-state index is 13.3. The summed E-state index contributed by atoms with van der Waals surface area (Å²) in [5.74, 6) is -1.52. The van der Waals surface area contributed by atoms with E-state index in [0.29, 0.717) is 17.1 Å². The second kappa shape index (κ2) is 6.04.